The third-order valence-electron chi connectivity index (χ3n) is 0.612. The molecule has 0 atom stereocenters. The van der Waals surface area contributed by atoms with Crippen LogP contribution in [0.4, 0.5) is 0 Å². The third kappa shape index (κ3) is 80.9. The molecule has 6 heteroatoms. The summed E-state index contributed by atoms with van der Waals surface area (Å²) >= 11 is 0. The predicted molar refractivity (Wildman–Crippen MR) is 56.3 cm³/mol. The molecule has 0 spiro atoms. The molecule has 3 nitrogen and oxygen atoms in total. The van der Waals surface area contributed by atoms with E-state index in [0.717, 1.165) is 0 Å². The molecule has 0 fully saturated rings. The SMILES string of the molecule is CCC=C(C)C.Cl.Cl.O=[P](O)O. The van der Waals surface area contributed by atoms with E-state index in [1.807, 2.05) is 0 Å². The Kier molecular flexibility index (Phi) is 33.1. The molecule has 12 heavy (non-hydrogen) atoms. The first kappa shape index (κ1) is 22.8. The van der Waals surface area contributed by atoms with Gasteiger partial charge in [-0.25, -0.2) is 4.57 Å². The van der Waals surface area contributed by atoms with E-state index in [1.165, 1.54) is 12.0 Å². The van der Waals surface area contributed by atoms with E-state index < -0.39 is 8.25 Å². The van der Waals surface area contributed by atoms with Gasteiger partial charge in [-0.05, 0) is 20.3 Å². The van der Waals surface area contributed by atoms with Crippen molar-refractivity contribution in [1.82, 2.24) is 0 Å². The van der Waals surface area contributed by atoms with Gasteiger partial charge >= 0.3 is 8.25 Å². The van der Waals surface area contributed by atoms with Crippen LogP contribution in [0.3, 0.4) is 0 Å². The molecule has 0 unspecified atom stereocenters. The van der Waals surface area contributed by atoms with Crippen LogP contribution in [0.5, 0.6) is 0 Å². The molecule has 0 heterocycles. The summed E-state index contributed by atoms with van der Waals surface area (Å²) in [5.41, 5.74) is 1.41. The van der Waals surface area contributed by atoms with Crippen LogP contribution < -0.4 is 0 Å². The highest BCUT2D eigenvalue weighted by Gasteiger charge is 1.67. The number of hydrogen-bond donors (Lipinski definition) is 2. The van der Waals surface area contributed by atoms with Gasteiger partial charge in [-0.15, -0.1) is 24.8 Å². The van der Waals surface area contributed by atoms with Crippen LogP contribution in [0.2, 0.25) is 0 Å². The van der Waals surface area contributed by atoms with E-state index in [2.05, 4.69) is 26.8 Å². The van der Waals surface area contributed by atoms with E-state index in [-0.39, 0.29) is 24.8 Å². The first-order valence-corrected chi connectivity index (χ1v) is 4.15. The van der Waals surface area contributed by atoms with E-state index >= 15 is 0 Å². The lowest BCUT2D eigenvalue weighted by Crippen LogP contribution is -1.58. The smallest absolute Gasteiger partial charge is 0.298 e. The van der Waals surface area contributed by atoms with Crippen LogP contribution in [-0.4, -0.2) is 9.79 Å². The molecule has 0 aromatic carbocycles. The van der Waals surface area contributed by atoms with Gasteiger partial charge in [0.2, 0.25) is 0 Å². The Morgan fingerprint density at radius 1 is 1.33 bits per heavy atom. The molecule has 0 amide bonds. The van der Waals surface area contributed by atoms with E-state index in [9.17, 15) is 0 Å². The Hall–Kier alpha value is 0.340. The first-order chi connectivity index (χ1) is 4.50. The zero-order valence-electron chi connectivity index (χ0n) is 7.35. The van der Waals surface area contributed by atoms with Gasteiger partial charge in [-0.3, -0.25) is 9.79 Å². The Morgan fingerprint density at radius 3 is 1.58 bits per heavy atom. The van der Waals surface area contributed by atoms with Crippen LogP contribution in [0.15, 0.2) is 11.6 Å². The lowest BCUT2D eigenvalue weighted by molar-refractivity contribution is 0.405. The Bertz CT molecular complexity index is 120. The van der Waals surface area contributed by atoms with Crippen molar-refractivity contribution < 1.29 is 14.4 Å². The summed E-state index contributed by atoms with van der Waals surface area (Å²) < 4.78 is 8.70. The number of halogens is 2. The van der Waals surface area contributed by atoms with Gasteiger partial charge in [0.15, 0.2) is 0 Å². The van der Waals surface area contributed by atoms with E-state index in [1.54, 1.807) is 0 Å². The molecule has 0 aliphatic heterocycles. The van der Waals surface area contributed by atoms with Gasteiger partial charge < -0.3 is 0 Å². The predicted octanol–water partition coefficient (Wildman–Crippen LogP) is 2.83. The average Bonchev–Trinajstić information content (AvgIpc) is 1.62. The molecular weight excluding hydrogens is 222 g/mol. The van der Waals surface area contributed by atoms with Gasteiger partial charge in [0.1, 0.15) is 0 Å². The topological polar surface area (TPSA) is 57.5 Å². The summed E-state index contributed by atoms with van der Waals surface area (Å²) in [6.45, 7) is 6.38. The van der Waals surface area contributed by atoms with Crippen molar-refractivity contribution in [3.63, 3.8) is 0 Å². The first-order valence-electron chi connectivity index (χ1n) is 2.99. The summed E-state index contributed by atoms with van der Waals surface area (Å²) in [4.78, 5) is 14.2. The van der Waals surface area contributed by atoms with Crippen molar-refractivity contribution in [1.29, 1.82) is 0 Å². The van der Waals surface area contributed by atoms with Gasteiger partial charge in [0, 0.05) is 0 Å². The van der Waals surface area contributed by atoms with Crippen molar-refractivity contribution in [2.24, 2.45) is 0 Å². The molecular formula is C6H16Cl2O3P. The van der Waals surface area contributed by atoms with Gasteiger partial charge in [0.25, 0.3) is 0 Å². The maximum absolute atomic E-state index is 8.70. The zero-order valence-corrected chi connectivity index (χ0v) is 9.88. The van der Waals surface area contributed by atoms with Crippen LogP contribution in [0, 0.1) is 0 Å². The number of rotatable bonds is 1. The molecule has 0 aliphatic carbocycles. The summed E-state index contributed by atoms with van der Waals surface area (Å²) in [6, 6.07) is 0. The molecule has 2 N–H and O–H groups in total. The maximum Gasteiger partial charge on any atom is 0.363 e. The van der Waals surface area contributed by atoms with Gasteiger partial charge in [0.05, 0.1) is 0 Å². The van der Waals surface area contributed by atoms with Crippen LogP contribution in [0.25, 0.3) is 0 Å². The second-order valence-corrected chi connectivity index (χ2v) is 2.45. The van der Waals surface area contributed by atoms with Gasteiger partial charge in [-0.1, -0.05) is 18.6 Å². The molecule has 0 saturated heterocycles. The number of hydrogen-bond acceptors (Lipinski definition) is 1. The van der Waals surface area contributed by atoms with Crippen molar-refractivity contribution in [3.8, 4) is 0 Å². The fraction of sp³-hybridized carbons (Fsp3) is 0.667. The minimum atomic E-state index is -2.87. The highest BCUT2D eigenvalue weighted by atomic mass is 35.5. The molecule has 0 bridgehead atoms. The largest absolute Gasteiger partial charge is 0.363 e. The Morgan fingerprint density at radius 2 is 1.58 bits per heavy atom. The van der Waals surface area contributed by atoms with E-state index in [0.29, 0.717) is 0 Å². The second kappa shape index (κ2) is 17.4. The normalized spacial score (nSPS) is 6.08. The van der Waals surface area contributed by atoms with Gasteiger partial charge in [-0.2, -0.15) is 0 Å². The fourth-order valence-corrected chi connectivity index (χ4v) is 0.408. The average molecular weight is 238 g/mol. The molecule has 0 aromatic heterocycles. The summed E-state index contributed by atoms with van der Waals surface area (Å²) in [7, 11) is -2.87. The fourth-order valence-electron chi connectivity index (χ4n) is 0.408. The number of allylic oxidation sites excluding steroid dienone is 2. The van der Waals surface area contributed by atoms with Crippen LogP contribution in [-0.2, 0) is 4.57 Å². The molecule has 0 saturated carbocycles. The molecule has 0 aromatic rings. The van der Waals surface area contributed by atoms with Crippen molar-refractivity contribution >= 4 is 33.1 Å². The summed E-state index contributed by atoms with van der Waals surface area (Å²) in [5, 5.41) is 0. The quantitative estimate of drug-likeness (QED) is 0.545. The second-order valence-electron chi connectivity index (χ2n) is 1.94. The zero-order chi connectivity index (χ0) is 8.57. The van der Waals surface area contributed by atoms with Crippen molar-refractivity contribution in [2.45, 2.75) is 27.2 Å². The minimum absolute atomic E-state index is 0. The standard InChI is InChI=1S/C6H12.2ClH.H2O3P/c1-4-5-6(2)3;;;1-4(2)3/h5H,4H2,1-3H3;2*1H;(H2,1,2,3). The van der Waals surface area contributed by atoms with Crippen molar-refractivity contribution in [3.05, 3.63) is 11.6 Å². The monoisotopic (exact) mass is 237 g/mol. The maximum atomic E-state index is 8.70. The van der Waals surface area contributed by atoms with E-state index in [4.69, 9.17) is 14.4 Å². The molecule has 0 rings (SSSR count). The summed E-state index contributed by atoms with van der Waals surface area (Å²) in [6.07, 6.45) is 3.38. The highest BCUT2D eigenvalue weighted by Crippen LogP contribution is 1.98. The molecule has 0 aliphatic rings. The minimum Gasteiger partial charge on any atom is -0.298 e. The summed E-state index contributed by atoms with van der Waals surface area (Å²) in [5.74, 6) is 0. The molecule has 77 valence electrons. The highest BCUT2D eigenvalue weighted by molar-refractivity contribution is 7.30. The van der Waals surface area contributed by atoms with Crippen LogP contribution in [0.1, 0.15) is 27.2 Å². The molecule has 1 radical (unpaired) electrons. The van der Waals surface area contributed by atoms with Crippen molar-refractivity contribution in [2.75, 3.05) is 0 Å². The Labute approximate surface area is 86.7 Å². The lowest BCUT2D eigenvalue weighted by Gasteiger charge is -1.80. The Balaban J connectivity index is -0.0000000483. The lowest BCUT2D eigenvalue weighted by atomic mass is 10.3. The van der Waals surface area contributed by atoms with Crippen LogP contribution >= 0.6 is 33.1 Å². The third-order valence-corrected chi connectivity index (χ3v) is 0.612.